The van der Waals surface area contributed by atoms with Crippen LogP contribution in [0.4, 0.5) is 0 Å². The molecule has 1 aromatic carbocycles. The molecule has 0 aliphatic heterocycles. The van der Waals surface area contributed by atoms with E-state index in [0.29, 0.717) is 5.88 Å². The smallest absolute Gasteiger partial charge is 0.0474 e. The molecule has 0 aromatic heterocycles. The van der Waals surface area contributed by atoms with Crippen molar-refractivity contribution in [2.45, 2.75) is 5.88 Å². The summed E-state index contributed by atoms with van der Waals surface area (Å²) in [4.78, 5) is 0. The number of hydrogen-bond acceptors (Lipinski definition) is 0. The quantitative estimate of drug-likeness (QED) is 0.558. The maximum absolute atomic E-state index is 5.53. The van der Waals surface area contributed by atoms with Crippen LogP contribution in [-0.2, 0) is 5.88 Å². The second kappa shape index (κ2) is 4.66. The lowest BCUT2D eigenvalue weighted by Gasteiger charge is -1.88. The van der Waals surface area contributed by atoms with E-state index in [1.165, 1.54) is 5.56 Å². The van der Waals surface area contributed by atoms with Crippen molar-refractivity contribution in [3.05, 3.63) is 35.9 Å². The van der Waals surface area contributed by atoms with Gasteiger partial charge in [0.25, 0.3) is 0 Å². The first-order valence-corrected chi connectivity index (χ1v) is 3.07. The van der Waals surface area contributed by atoms with Gasteiger partial charge in [0.2, 0.25) is 0 Å². The van der Waals surface area contributed by atoms with E-state index in [1.54, 1.807) is 0 Å². The van der Waals surface area contributed by atoms with Gasteiger partial charge in [0.1, 0.15) is 0 Å². The molecule has 50 valence electrons. The van der Waals surface area contributed by atoms with Gasteiger partial charge in [-0.2, -0.15) is 0 Å². The number of alkyl halides is 1. The molecule has 0 heterocycles. The van der Waals surface area contributed by atoms with Gasteiger partial charge in [0.15, 0.2) is 0 Å². The molecule has 0 bridgehead atoms. The summed E-state index contributed by atoms with van der Waals surface area (Å²) in [7, 11) is 0. The van der Waals surface area contributed by atoms with Crippen molar-refractivity contribution in [2.24, 2.45) is 0 Å². The van der Waals surface area contributed by atoms with Crippen LogP contribution in [0.25, 0.3) is 0 Å². The van der Waals surface area contributed by atoms with Gasteiger partial charge in [-0.3, -0.25) is 0 Å². The Balaban J connectivity index is 0.000000640. The predicted octanol–water partition coefficient (Wildman–Crippen LogP) is 2.85. The first kappa shape index (κ1) is 8.80. The highest BCUT2D eigenvalue weighted by Crippen LogP contribution is 2.00. The van der Waals surface area contributed by atoms with Gasteiger partial charge in [-0.15, -0.1) is 24.0 Å². The van der Waals surface area contributed by atoms with Crippen LogP contribution < -0.4 is 0 Å². The fraction of sp³-hybridized carbons (Fsp3) is 0.143. The monoisotopic (exact) mass is 162 g/mol. The normalized spacial score (nSPS) is 8.11. The lowest BCUT2D eigenvalue weighted by atomic mass is 10.2. The molecule has 0 radical (unpaired) electrons. The molecular formula is C7H8Cl2. The molecule has 2 heteroatoms. The number of benzene rings is 1. The van der Waals surface area contributed by atoms with Crippen molar-refractivity contribution in [1.82, 2.24) is 0 Å². The molecule has 9 heavy (non-hydrogen) atoms. The minimum atomic E-state index is 0. The standard InChI is InChI=1S/C7H7Cl.ClH/c8-6-7-4-2-1-3-5-7;/h1-5H,6H2;1H. The molecule has 0 unspecified atom stereocenters. The van der Waals surface area contributed by atoms with Crippen molar-refractivity contribution < 1.29 is 0 Å². The van der Waals surface area contributed by atoms with Crippen LogP contribution in [0.15, 0.2) is 30.3 Å². The summed E-state index contributed by atoms with van der Waals surface area (Å²) in [6.07, 6.45) is 0. The first-order valence-electron chi connectivity index (χ1n) is 2.53. The van der Waals surface area contributed by atoms with E-state index in [1.807, 2.05) is 30.3 Å². The molecule has 0 fully saturated rings. The molecule has 0 aliphatic carbocycles. The van der Waals surface area contributed by atoms with E-state index >= 15 is 0 Å². The molecule has 0 aliphatic rings. The van der Waals surface area contributed by atoms with Crippen LogP contribution in [0.5, 0.6) is 0 Å². The molecule has 0 saturated carbocycles. The Bertz CT molecular complexity index is 148. The van der Waals surface area contributed by atoms with Gasteiger partial charge in [0, 0.05) is 5.88 Å². The van der Waals surface area contributed by atoms with E-state index in [0.717, 1.165) is 0 Å². The average molecular weight is 163 g/mol. The van der Waals surface area contributed by atoms with E-state index in [-0.39, 0.29) is 12.4 Å². The van der Waals surface area contributed by atoms with Crippen LogP contribution in [0.1, 0.15) is 5.56 Å². The number of rotatable bonds is 1. The molecule has 1 rings (SSSR count). The fourth-order valence-electron chi connectivity index (χ4n) is 0.567. The molecule has 0 spiro atoms. The van der Waals surface area contributed by atoms with Crippen molar-refractivity contribution >= 4 is 24.0 Å². The van der Waals surface area contributed by atoms with Gasteiger partial charge in [0.05, 0.1) is 0 Å². The van der Waals surface area contributed by atoms with E-state index in [4.69, 9.17) is 11.6 Å². The Morgan fingerprint density at radius 1 is 1.11 bits per heavy atom. The Hall–Kier alpha value is -0.200. The van der Waals surface area contributed by atoms with E-state index in [9.17, 15) is 0 Å². The third-order valence-electron chi connectivity index (χ3n) is 0.997. The van der Waals surface area contributed by atoms with Crippen molar-refractivity contribution in [1.29, 1.82) is 0 Å². The second-order valence-electron chi connectivity index (χ2n) is 1.62. The minimum absolute atomic E-state index is 0. The highest BCUT2D eigenvalue weighted by molar-refractivity contribution is 6.17. The highest BCUT2D eigenvalue weighted by atomic mass is 35.5. The van der Waals surface area contributed by atoms with Crippen LogP contribution in [-0.4, -0.2) is 0 Å². The summed E-state index contributed by atoms with van der Waals surface area (Å²) in [5.74, 6) is 0.612. The Morgan fingerprint density at radius 2 is 1.67 bits per heavy atom. The average Bonchev–Trinajstić information content (AvgIpc) is 1.90. The lowest BCUT2D eigenvalue weighted by molar-refractivity contribution is 1.41. The topological polar surface area (TPSA) is 0 Å². The molecule has 0 N–H and O–H groups in total. The van der Waals surface area contributed by atoms with Gasteiger partial charge < -0.3 is 0 Å². The third-order valence-corrected chi connectivity index (χ3v) is 1.31. The maximum atomic E-state index is 5.53. The molecule has 0 saturated heterocycles. The van der Waals surface area contributed by atoms with Crippen LogP contribution in [0.3, 0.4) is 0 Å². The lowest BCUT2D eigenvalue weighted by Crippen LogP contribution is -1.71. The second-order valence-corrected chi connectivity index (χ2v) is 1.89. The van der Waals surface area contributed by atoms with Crippen molar-refractivity contribution in [3.63, 3.8) is 0 Å². The fourth-order valence-corrected chi connectivity index (χ4v) is 0.745. The van der Waals surface area contributed by atoms with Gasteiger partial charge in [-0.25, -0.2) is 0 Å². The van der Waals surface area contributed by atoms with E-state index in [2.05, 4.69) is 0 Å². The van der Waals surface area contributed by atoms with Crippen molar-refractivity contribution in [2.75, 3.05) is 0 Å². The van der Waals surface area contributed by atoms with Crippen LogP contribution >= 0.6 is 24.0 Å². The van der Waals surface area contributed by atoms with E-state index < -0.39 is 0 Å². The van der Waals surface area contributed by atoms with Crippen molar-refractivity contribution in [3.8, 4) is 0 Å². The highest BCUT2D eigenvalue weighted by Gasteiger charge is 1.81. The summed E-state index contributed by atoms with van der Waals surface area (Å²) in [6.45, 7) is 0. The SMILES string of the molecule is Cl.ClCc1ccccc1. The number of hydrogen-bond donors (Lipinski definition) is 0. The summed E-state index contributed by atoms with van der Waals surface area (Å²) in [5, 5.41) is 0. The Labute approximate surface area is 66.3 Å². The zero-order chi connectivity index (χ0) is 5.82. The summed E-state index contributed by atoms with van der Waals surface area (Å²) in [6, 6.07) is 9.96. The number of halogens is 2. The minimum Gasteiger partial charge on any atom is -0.147 e. The molecule has 0 amide bonds. The molecule has 0 atom stereocenters. The Kier molecular flexibility index (Phi) is 4.55. The first-order chi connectivity index (χ1) is 3.93. The van der Waals surface area contributed by atoms with Gasteiger partial charge in [-0.1, -0.05) is 30.3 Å². The van der Waals surface area contributed by atoms with Crippen LogP contribution in [0, 0.1) is 0 Å². The maximum Gasteiger partial charge on any atom is 0.0474 e. The third kappa shape index (κ3) is 2.73. The zero-order valence-corrected chi connectivity index (χ0v) is 6.45. The van der Waals surface area contributed by atoms with Gasteiger partial charge in [-0.05, 0) is 5.56 Å². The summed E-state index contributed by atoms with van der Waals surface area (Å²) < 4.78 is 0. The predicted molar refractivity (Wildman–Crippen MR) is 43.2 cm³/mol. The Morgan fingerprint density at radius 3 is 2.00 bits per heavy atom. The van der Waals surface area contributed by atoms with Gasteiger partial charge >= 0.3 is 0 Å². The van der Waals surface area contributed by atoms with Crippen LogP contribution in [0.2, 0.25) is 0 Å². The zero-order valence-electron chi connectivity index (χ0n) is 4.88. The molecule has 1 aromatic rings. The summed E-state index contributed by atoms with van der Waals surface area (Å²) >= 11 is 5.53. The largest absolute Gasteiger partial charge is 0.147 e. The molecule has 0 nitrogen and oxygen atoms in total. The molecular weight excluding hydrogens is 155 g/mol. The summed E-state index contributed by atoms with van der Waals surface area (Å²) in [5.41, 5.74) is 1.18.